The third-order valence-corrected chi connectivity index (χ3v) is 4.98. The van der Waals surface area contributed by atoms with Gasteiger partial charge in [0.25, 0.3) is 0 Å². The van der Waals surface area contributed by atoms with E-state index in [1.165, 1.54) is 23.4 Å². The number of amides is 1. The van der Waals surface area contributed by atoms with E-state index >= 15 is 0 Å². The van der Waals surface area contributed by atoms with Crippen LogP contribution in [-0.4, -0.2) is 29.2 Å². The molecule has 0 aliphatic heterocycles. The molecule has 1 aliphatic carbocycles. The molecule has 0 unspecified atom stereocenters. The summed E-state index contributed by atoms with van der Waals surface area (Å²) in [7, 11) is 0. The number of pyridine rings is 1. The molecule has 0 saturated carbocycles. The van der Waals surface area contributed by atoms with Gasteiger partial charge in [-0.25, -0.2) is 4.79 Å². The number of benzene rings is 2. The van der Waals surface area contributed by atoms with Gasteiger partial charge in [-0.05, 0) is 38.2 Å². The Bertz CT molecular complexity index is 1060. The van der Waals surface area contributed by atoms with E-state index in [0.29, 0.717) is 5.56 Å². The first-order valence-electron chi connectivity index (χ1n) is 9.49. The van der Waals surface area contributed by atoms with Crippen molar-refractivity contribution in [2.75, 3.05) is 13.2 Å². The third-order valence-electron chi connectivity index (χ3n) is 4.98. The van der Waals surface area contributed by atoms with Crippen LogP contribution in [-0.2, 0) is 4.74 Å². The summed E-state index contributed by atoms with van der Waals surface area (Å²) in [6, 6.07) is 19.3. The van der Waals surface area contributed by atoms with Crippen molar-refractivity contribution >= 4 is 18.0 Å². The maximum Gasteiger partial charge on any atom is 0.407 e. The lowest BCUT2D eigenvalue weighted by Crippen LogP contribution is -2.26. The lowest BCUT2D eigenvalue weighted by atomic mass is 9.98. The van der Waals surface area contributed by atoms with Crippen molar-refractivity contribution in [1.29, 1.82) is 0 Å². The Hall–Kier alpha value is -4.00. The van der Waals surface area contributed by atoms with Crippen LogP contribution in [0.3, 0.4) is 0 Å². The maximum absolute atomic E-state index is 12.1. The Morgan fingerprint density at radius 3 is 2.33 bits per heavy atom. The summed E-state index contributed by atoms with van der Waals surface area (Å²) in [6.07, 6.45) is 4.36. The Balaban J connectivity index is 1.31. The summed E-state index contributed by atoms with van der Waals surface area (Å²) in [5, 5.41) is 13.3. The highest BCUT2D eigenvalue weighted by atomic mass is 16.6. The summed E-state index contributed by atoms with van der Waals surface area (Å²) in [4.78, 5) is 25.9. The van der Waals surface area contributed by atoms with Gasteiger partial charge in [0.15, 0.2) is 0 Å². The number of carbonyl (C=O) groups excluding carboxylic acids is 1. The molecule has 1 aromatic heterocycles. The van der Waals surface area contributed by atoms with Gasteiger partial charge in [-0.15, -0.1) is 0 Å². The third kappa shape index (κ3) is 4.05. The van der Waals surface area contributed by atoms with E-state index in [1.807, 2.05) is 24.3 Å². The number of hydrogen-bond donors (Lipinski definition) is 1. The van der Waals surface area contributed by atoms with Gasteiger partial charge in [-0.3, -0.25) is 0 Å². The predicted molar refractivity (Wildman–Crippen MR) is 113 cm³/mol. The van der Waals surface area contributed by atoms with E-state index in [2.05, 4.69) is 34.6 Å². The zero-order valence-electron chi connectivity index (χ0n) is 16.0. The van der Waals surface area contributed by atoms with Gasteiger partial charge >= 0.3 is 11.9 Å². The van der Waals surface area contributed by atoms with E-state index in [1.54, 1.807) is 18.2 Å². The normalized spacial score (nSPS) is 12.4. The van der Waals surface area contributed by atoms with E-state index in [4.69, 9.17) is 4.74 Å². The number of aromatic nitrogens is 1. The SMILES string of the molecule is O=C(NCC=Cc1ccc([N+](=O)[O-])nc1)OCC1c2ccccc2-c2ccccc21. The highest BCUT2D eigenvalue weighted by Gasteiger charge is 2.28. The molecule has 30 heavy (non-hydrogen) atoms. The van der Waals surface area contributed by atoms with Gasteiger partial charge in [-0.1, -0.05) is 60.7 Å². The van der Waals surface area contributed by atoms with E-state index in [0.717, 1.165) is 11.1 Å². The molecule has 150 valence electrons. The first kappa shape index (κ1) is 19.3. The van der Waals surface area contributed by atoms with Crippen molar-refractivity contribution < 1.29 is 14.5 Å². The number of alkyl carbamates (subject to hydrolysis) is 1. The van der Waals surface area contributed by atoms with Gasteiger partial charge in [0.2, 0.25) is 0 Å². The second-order valence-electron chi connectivity index (χ2n) is 6.82. The highest BCUT2D eigenvalue weighted by Crippen LogP contribution is 2.44. The molecule has 1 amide bonds. The van der Waals surface area contributed by atoms with Crippen molar-refractivity contribution in [2.45, 2.75) is 5.92 Å². The lowest BCUT2D eigenvalue weighted by molar-refractivity contribution is -0.389. The molecule has 1 heterocycles. The van der Waals surface area contributed by atoms with E-state index < -0.39 is 11.0 Å². The summed E-state index contributed by atoms with van der Waals surface area (Å²) < 4.78 is 5.46. The fourth-order valence-electron chi connectivity index (χ4n) is 3.59. The average molecular weight is 401 g/mol. The first-order chi connectivity index (χ1) is 14.6. The Morgan fingerprint density at radius 2 is 1.73 bits per heavy atom. The van der Waals surface area contributed by atoms with Crippen LogP contribution in [0.25, 0.3) is 17.2 Å². The second-order valence-corrected chi connectivity index (χ2v) is 6.82. The molecule has 4 rings (SSSR count). The molecule has 7 heteroatoms. The zero-order chi connectivity index (χ0) is 20.9. The van der Waals surface area contributed by atoms with Crippen LogP contribution < -0.4 is 5.32 Å². The highest BCUT2D eigenvalue weighted by molar-refractivity contribution is 5.79. The Morgan fingerprint density at radius 1 is 1.07 bits per heavy atom. The second kappa shape index (κ2) is 8.57. The van der Waals surface area contributed by atoms with Crippen molar-refractivity contribution in [2.24, 2.45) is 0 Å². The fraction of sp³-hybridized carbons (Fsp3) is 0.130. The molecule has 3 aromatic rings. The molecule has 0 radical (unpaired) electrons. The largest absolute Gasteiger partial charge is 0.449 e. The molecule has 0 atom stereocenters. The van der Waals surface area contributed by atoms with Crippen molar-refractivity contribution in [3.8, 4) is 11.1 Å². The number of rotatable bonds is 6. The Kier molecular flexibility index (Phi) is 5.52. The van der Waals surface area contributed by atoms with Crippen molar-refractivity contribution in [3.63, 3.8) is 0 Å². The lowest BCUT2D eigenvalue weighted by Gasteiger charge is -2.14. The van der Waals surface area contributed by atoms with Crippen LogP contribution in [0.2, 0.25) is 0 Å². The maximum atomic E-state index is 12.1. The Labute approximate surface area is 173 Å². The minimum atomic E-state index is -0.549. The summed E-state index contributed by atoms with van der Waals surface area (Å²) in [5.74, 6) is -0.186. The molecular weight excluding hydrogens is 382 g/mol. The summed E-state index contributed by atoms with van der Waals surface area (Å²) in [5.41, 5.74) is 5.40. The number of nitro groups is 1. The fourth-order valence-corrected chi connectivity index (χ4v) is 3.59. The molecule has 0 saturated heterocycles. The number of nitrogens with one attached hydrogen (secondary N) is 1. The van der Waals surface area contributed by atoms with Gasteiger partial charge in [0, 0.05) is 24.1 Å². The van der Waals surface area contributed by atoms with Gasteiger partial charge in [0.1, 0.15) is 12.8 Å². The van der Waals surface area contributed by atoms with Crippen LogP contribution in [0, 0.1) is 10.1 Å². The van der Waals surface area contributed by atoms with Gasteiger partial charge in [-0.2, -0.15) is 0 Å². The number of hydrogen-bond acceptors (Lipinski definition) is 5. The topological polar surface area (TPSA) is 94.4 Å². The summed E-state index contributed by atoms with van der Waals surface area (Å²) >= 11 is 0. The molecular formula is C23H19N3O4. The molecule has 7 nitrogen and oxygen atoms in total. The molecule has 0 bridgehead atoms. The minimum absolute atomic E-state index is 0.0184. The molecule has 1 N–H and O–H groups in total. The first-order valence-corrected chi connectivity index (χ1v) is 9.49. The minimum Gasteiger partial charge on any atom is -0.449 e. The standard InChI is InChI=1S/C23H19N3O4/c27-23(24-13-5-6-16-11-12-22(25-14-16)26(28)29)30-15-21-19-9-3-1-7-17(19)18-8-2-4-10-20(18)21/h1-12,14,21H,13,15H2,(H,24,27). The van der Waals surface area contributed by atoms with Crippen LogP contribution in [0.5, 0.6) is 0 Å². The monoisotopic (exact) mass is 401 g/mol. The number of ether oxygens (including phenoxy) is 1. The molecule has 2 aromatic carbocycles. The van der Waals surface area contributed by atoms with Gasteiger partial charge < -0.3 is 20.2 Å². The van der Waals surface area contributed by atoms with Crippen molar-refractivity contribution in [3.05, 3.63) is 99.7 Å². The van der Waals surface area contributed by atoms with Crippen LogP contribution in [0.4, 0.5) is 10.6 Å². The summed E-state index contributed by atoms with van der Waals surface area (Å²) in [6.45, 7) is 0.531. The number of nitrogens with zero attached hydrogens (tertiary/aromatic N) is 2. The predicted octanol–water partition coefficient (Wildman–Crippen LogP) is 4.54. The molecule has 0 spiro atoms. The molecule has 1 aliphatic rings. The zero-order valence-corrected chi connectivity index (χ0v) is 16.0. The molecule has 0 fully saturated rings. The number of fused-ring (bicyclic) bond motifs is 3. The van der Waals surface area contributed by atoms with Crippen LogP contribution >= 0.6 is 0 Å². The van der Waals surface area contributed by atoms with Crippen LogP contribution in [0.15, 0.2) is 72.9 Å². The van der Waals surface area contributed by atoms with E-state index in [9.17, 15) is 14.9 Å². The number of carbonyl (C=O) groups is 1. The quantitative estimate of drug-likeness (QED) is 0.483. The average Bonchev–Trinajstić information content (AvgIpc) is 3.09. The van der Waals surface area contributed by atoms with E-state index in [-0.39, 0.29) is 24.9 Å². The smallest absolute Gasteiger partial charge is 0.407 e. The van der Waals surface area contributed by atoms with Crippen LogP contribution in [0.1, 0.15) is 22.6 Å². The van der Waals surface area contributed by atoms with Crippen molar-refractivity contribution in [1.82, 2.24) is 10.3 Å². The van der Waals surface area contributed by atoms with Gasteiger partial charge in [0.05, 0.1) is 0 Å².